The van der Waals surface area contributed by atoms with Gasteiger partial charge in [0.05, 0.1) is 19.3 Å². The highest BCUT2D eigenvalue weighted by Crippen LogP contribution is 2.31. The van der Waals surface area contributed by atoms with Crippen LogP contribution in [0.15, 0.2) is 53.9 Å². The smallest absolute Gasteiger partial charge is 0.246 e. The maximum absolute atomic E-state index is 12.6. The zero-order valence-electron chi connectivity index (χ0n) is 24.3. The van der Waals surface area contributed by atoms with Gasteiger partial charge in [0.25, 0.3) is 0 Å². The average molecular weight is 555 g/mol. The quantitative estimate of drug-likeness (QED) is 0.225. The van der Waals surface area contributed by atoms with Gasteiger partial charge in [0, 0.05) is 37.7 Å². The monoisotopic (exact) mass is 554 g/mol. The third-order valence-corrected chi connectivity index (χ3v) is 7.12. The highest BCUT2D eigenvalue weighted by molar-refractivity contribution is 6.31. The molecule has 0 spiro atoms. The number of halogens is 1. The predicted molar refractivity (Wildman–Crippen MR) is 157 cm³/mol. The van der Waals surface area contributed by atoms with E-state index in [0.717, 1.165) is 42.4 Å². The molecular weight excluding hydrogens is 512 g/mol. The highest BCUT2D eigenvalue weighted by Gasteiger charge is 2.24. The number of benzene rings is 1. The van der Waals surface area contributed by atoms with Crippen LogP contribution in [0.5, 0.6) is 0 Å². The van der Waals surface area contributed by atoms with Crippen LogP contribution >= 0.6 is 11.6 Å². The van der Waals surface area contributed by atoms with Crippen molar-refractivity contribution in [2.75, 3.05) is 26.7 Å². The van der Waals surface area contributed by atoms with E-state index in [9.17, 15) is 9.59 Å². The Morgan fingerprint density at radius 1 is 1.18 bits per heavy atom. The lowest BCUT2D eigenvalue weighted by molar-refractivity contribution is -0.127. The van der Waals surface area contributed by atoms with Crippen LogP contribution in [-0.4, -0.2) is 63.3 Å². The van der Waals surface area contributed by atoms with Gasteiger partial charge in [0.2, 0.25) is 5.91 Å². The molecule has 7 nitrogen and oxygen atoms in total. The second-order valence-corrected chi connectivity index (χ2v) is 11.6. The molecule has 2 aromatic rings. The third-order valence-electron chi connectivity index (χ3n) is 6.75. The summed E-state index contributed by atoms with van der Waals surface area (Å²) in [6.07, 6.45) is 9.66. The molecule has 1 saturated carbocycles. The van der Waals surface area contributed by atoms with Crippen LogP contribution in [0.3, 0.4) is 0 Å². The van der Waals surface area contributed by atoms with Crippen LogP contribution in [0.4, 0.5) is 0 Å². The van der Waals surface area contributed by atoms with E-state index < -0.39 is 0 Å². The fourth-order valence-electron chi connectivity index (χ4n) is 4.48. The SMILES string of the molecule is CC(=O)c1cnc2n1CCN(C(=O)/C=C/CN(C)CC(OC(C)(C)C)=C1CCC1)C2.CCc1ccccc1Cl. The summed E-state index contributed by atoms with van der Waals surface area (Å²) in [5, 5.41) is 0.875. The molecule has 1 fully saturated rings. The van der Waals surface area contributed by atoms with Crippen molar-refractivity contribution in [1.82, 2.24) is 19.4 Å². The number of amides is 1. The Hall–Kier alpha value is -2.90. The van der Waals surface area contributed by atoms with E-state index in [1.165, 1.54) is 17.6 Å². The summed E-state index contributed by atoms with van der Waals surface area (Å²) in [6.45, 7) is 12.9. The van der Waals surface area contributed by atoms with Crippen LogP contribution in [0.1, 0.15) is 75.8 Å². The number of aromatic nitrogens is 2. The summed E-state index contributed by atoms with van der Waals surface area (Å²) in [5.74, 6) is 1.83. The molecule has 1 aliphatic carbocycles. The fourth-order valence-corrected chi connectivity index (χ4v) is 4.75. The van der Waals surface area contributed by atoms with Gasteiger partial charge in [-0.1, -0.05) is 42.8 Å². The number of allylic oxidation sites excluding steroid dienone is 1. The summed E-state index contributed by atoms with van der Waals surface area (Å²) in [6, 6.07) is 7.91. The Balaban J connectivity index is 0.000000395. The number of ether oxygens (including phenoxy) is 1. The van der Waals surface area contributed by atoms with Gasteiger partial charge in [-0.3, -0.25) is 14.5 Å². The number of fused-ring (bicyclic) bond motifs is 1. The lowest BCUT2D eigenvalue weighted by atomic mass is 9.91. The van der Waals surface area contributed by atoms with Gasteiger partial charge in [-0.15, -0.1) is 0 Å². The number of aryl methyl sites for hydroxylation is 1. The number of ketones is 1. The third kappa shape index (κ3) is 9.07. The summed E-state index contributed by atoms with van der Waals surface area (Å²) >= 11 is 5.82. The first-order valence-corrected chi connectivity index (χ1v) is 14.2. The molecule has 0 bridgehead atoms. The maximum Gasteiger partial charge on any atom is 0.246 e. The molecule has 4 rings (SSSR count). The standard InChI is InChI=1S/C23H34N4O3.C8H9Cl/c1-17(28)19-14-24-21-16-26(12-13-27(19)21)22(29)10-7-11-25(5)15-20(18-8-6-9-18)30-23(2,3)4;1-2-7-5-3-4-6-8(7)9/h7,10,14H,6,8-9,11-13,15-16H2,1-5H3;3-6H,2H2,1H3/b10-7+;. The van der Waals surface area contributed by atoms with E-state index in [0.29, 0.717) is 31.9 Å². The van der Waals surface area contributed by atoms with E-state index in [4.69, 9.17) is 16.3 Å². The molecule has 2 aliphatic rings. The summed E-state index contributed by atoms with van der Waals surface area (Å²) < 4.78 is 8.10. The minimum absolute atomic E-state index is 0.00291. The van der Waals surface area contributed by atoms with E-state index in [2.05, 4.69) is 37.6 Å². The van der Waals surface area contributed by atoms with Crippen molar-refractivity contribution in [3.8, 4) is 0 Å². The van der Waals surface area contributed by atoms with E-state index >= 15 is 0 Å². The molecule has 39 heavy (non-hydrogen) atoms. The first kappa shape index (κ1) is 30.6. The number of hydrogen-bond donors (Lipinski definition) is 0. The first-order chi connectivity index (χ1) is 18.5. The lowest BCUT2D eigenvalue weighted by Gasteiger charge is -2.31. The second kappa shape index (κ2) is 13.9. The summed E-state index contributed by atoms with van der Waals surface area (Å²) in [5.41, 5.74) is 3.06. The Labute approximate surface area is 238 Å². The van der Waals surface area contributed by atoms with Gasteiger partial charge in [-0.2, -0.15) is 0 Å². The van der Waals surface area contributed by atoms with Gasteiger partial charge in [-0.25, -0.2) is 4.98 Å². The van der Waals surface area contributed by atoms with Crippen molar-refractivity contribution in [2.45, 2.75) is 79.0 Å². The van der Waals surface area contributed by atoms with E-state index in [1.807, 2.05) is 42.0 Å². The predicted octanol–water partition coefficient (Wildman–Crippen LogP) is 6.07. The van der Waals surface area contributed by atoms with Crippen molar-refractivity contribution >= 4 is 23.3 Å². The lowest BCUT2D eigenvalue weighted by Crippen LogP contribution is -2.38. The molecule has 0 N–H and O–H groups in total. The fraction of sp³-hybridized carbons (Fsp3) is 0.516. The van der Waals surface area contributed by atoms with Gasteiger partial charge in [-0.05, 0) is 70.7 Å². The summed E-state index contributed by atoms with van der Waals surface area (Å²) in [7, 11) is 2.04. The average Bonchev–Trinajstić information content (AvgIpc) is 3.26. The van der Waals surface area contributed by atoms with Gasteiger partial charge < -0.3 is 14.2 Å². The van der Waals surface area contributed by atoms with Crippen LogP contribution in [0.2, 0.25) is 5.02 Å². The number of Topliss-reactive ketones (excluding diaryl/α,β-unsaturated/α-hetero) is 1. The zero-order chi connectivity index (χ0) is 28.6. The van der Waals surface area contributed by atoms with E-state index in [-0.39, 0.29) is 17.3 Å². The van der Waals surface area contributed by atoms with Crippen molar-refractivity contribution in [2.24, 2.45) is 0 Å². The molecule has 0 atom stereocenters. The molecule has 2 heterocycles. The number of carbonyl (C=O) groups excluding carboxylic acids is 2. The Morgan fingerprint density at radius 3 is 2.46 bits per heavy atom. The number of imidazole rings is 1. The van der Waals surface area contributed by atoms with Crippen molar-refractivity contribution in [3.63, 3.8) is 0 Å². The van der Waals surface area contributed by atoms with Gasteiger partial charge in [0.15, 0.2) is 5.78 Å². The molecule has 1 aromatic heterocycles. The molecule has 1 aromatic carbocycles. The summed E-state index contributed by atoms with van der Waals surface area (Å²) in [4.78, 5) is 32.5. The minimum Gasteiger partial charge on any atom is -0.491 e. The molecule has 0 unspecified atom stereocenters. The van der Waals surface area contributed by atoms with Crippen LogP contribution < -0.4 is 0 Å². The van der Waals surface area contributed by atoms with Crippen LogP contribution in [0.25, 0.3) is 0 Å². The number of hydrogen-bond acceptors (Lipinski definition) is 5. The normalized spacial score (nSPS) is 15.0. The molecule has 212 valence electrons. The Morgan fingerprint density at radius 2 is 1.90 bits per heavy atom. The zero-order valence-corrected chi connectivity index (χ0v) is 25.1. The van der Waals surface area contributed by atoms with Gasteiger partial charge in [0.1, 0.15) is 22.9 Å². The largest absolute Gasteiger partial charge is 0.491 e. The molecule has 1 amide bonds. The molecule has 0 saturated heterocycles. The van der Waals surface area contributed by atoms with Crippen molar-refractivity contribution < 1.29 is 14.3 Å². The maximum atomic E-state index is 12.6. The first-order valence-electron chi connectivity index (χ1n) is 13.8. The van der Waals surface area contributed by atoms with Crippen LogP contribution in [-0.2, 0) is 29.0 Å². The Kier molecular flexibility index (Phi) is 11.0. The number of likely N-dealkylation sites (N-methyl/N-ethyl adjacent to an activating group) is 1. The molecular formula is C31H43ClN4O3. The van der Waals surface area contributed by atoms with Crippen LogP contribution in [0, 0.1) is 0 Å². The van der Waals surface area contributed by atoms with Crippen molar-refractivity contribution in [3.05, 3.63) is 76.1 Å². The number of rotatable bonds is 8. The number of nitrogens with zero attached hydrogens (tertiary/aromatic N) is 4. The molecule has 0 radical (unpaired) electrons. The topological polar surface area (TPSA) is 67.7 Å². The molecule has 1 aliphatic heterocycles. The van der Waals surface area contributed by atoms with Gasteiger partial charge >= 0.3 is 0 Å². The second-order valence-electron chi connectivity index (χ2n) is 11.2. The minimum atomic E-state index is -0.202. The van der Waals surface area contributed by atoms with E-state index in [1.54, 1.807) is 24.1 Å². The molecule has 8 heteroatoms. The van der Waals surface area contributed by atoms with Crippen molar-refractivity contribution in [1.29, 1.82) is 0 Å². The number of carbonyl (C=O) groups is 2. The Bertz CT molecular complexity index is 1200. The highest BCUT2D eigenvalue weighted by atomic mass is 35.5.